The van der Waals surface area contributed by atoms with Crippen molar-refractivity contribution in [3.05, 3.63) is 24.2 Å². The zero-order chi connectivity index (χ0) is 8.81. The molecule has 66 valence electrons. The molecule has 0 aliphatic rings. The third kappa shape index (κ3) is 3.36. The SMILES string of the molecule is CCSC(=O)SCc1ccco1. The van der Waals surface area contributed by atoms with Gasteiger partial charge >= 0.3 is 0 Å². The van der Waals surface area contributed by atoms with E-state index < -0.39 is 0 Å². The van der Waals surface area contributed by atoms with Crippen molar-refractivity contribution in [2.75, 3.05) is 5.75 Å². The van der Waals surface area contributed by atoms with Gasteiger partial charge in [0.15, 0.2) is 0 Å². The zero-order valence-corrected chi connectivity index (χ0v) is 8.41. The minimum atomic E-state index is 0.161. The number of carbonyl (C=O) groups excluding carboxylic acids is 1. The fraction of sp³-hybridized carbons (Fsp3) is 0.375. The van der Waals surface area contributed by atoms with Crippen molar-refractivity contribution in [3.63, 3.8) is 0 Å². The van der Waals surface area contributed by atoms with Crippen LogP contribution in [0.3, 0.4) is 0 Å². The summed E-state index contributed by atoms with van der Waals surface area (Å²) >= 11 is 2.62. The molecule has 0 aliphatic carbocycles. The van der Waals surface area contributed by atoms with E-state index in [1.54, 1.807) is 6.26 Å². The van der Waals surface area contributed by atoms with Gasteiger partial charge in [-0.05, 0) is 17.9 Å². The van der Waals surface area contributed by atoms with Crippen LogP contribution in [0.25, 0.3) is 0 Å². The molecule has 12 heavy (non-hydrogen) atoms. The number of rotatable bonds is 3. The van der Waals surface area contributed by atoms with Crippen molar-refractivity contribution in [3.8, 4) is 0 Å². The van der Waals surface area contributed by atoms with E-state index in [0.29, 0.717) is 5.75 Å². The maximum atomic E-state index is 11.0. The first-order valence-electron chi connectivity index (χ1n) is 3.65. The van der Waals surface area contributed by atoms with Gasteiger partial charge in [0.05, 0.1) is 12.0 Å². The molecule has 0 N–H and O–H groups in total. The van der Waals surface area contributed by atoms with E-state index >= 15 is 0 Å². The Labute approximate surface area is 80.1 Å². The Hall–Kier alpha value is -0.350. The van der Waals surface area contributed by atoms with Gasteiger partial charge in [-0.2, -0.15) is 0 Å². The molecule has 0 saturated carbocycles. The molecule has 0 amide bonds. The molecule has 4 heteroatoms. The van der Waals surface area contributed by atoms with Crippen LogP contribution < -0.4 is 0 Å². The van der Waals surface area contributed by atoms with Crippen LogP contribution in [0, 0.1) is 0 Å². The van der Waals surface area contributed by atoms with Crippen LogP contribution >= 0.6 is 23.5 Å². The van der Waals surface area contributed by atoms with E-state index in [1.807, 2.05) is 19.1 Å². The normalized spacial score (nSPS) is 10.1. The highest BCUT2D eigenvalue weighted by atomic mass is 32.2. The minimum absolute atomic E-state index is 0.161. The van der Waals surface area contributed by atoms with Crippen molar-refractivity contribution in [1.82, 2.24) is 0 Å². The largest absolute Gasteiger partial charge is 0.468 e. The highest BCUT2D eigenvalue weighted by molar-refractivity contribution is 8.38. The molecule has 1 aromatic heterocycles. The molecule has 0 bridgehead atoms. The monoisotopic (exact) mass is 202 g/mol. The molecule has 0 fully saturated rings. The number of carbonyl (C=O) groups is 1. The Kier molecular flexibility index (Phi) is 4.32. The number of hydrogen-bond donors (Lipinski definition) is 0. The molecule has 0 unspecified atom stereocenters. The Bertz CT molecular complexity index is 231. The van der Waals surface area contributed by atoms with Crippen LogP contribution in [0.2, 0.25) is 0 Å². The number of hydrogen-bond acceptors (Lipinski definition) is 4. The molecule has 0 aromatic carbocycles. The van der Waals surface area contributed by atoms with Gasteiger partial charge in [-0.3, -0.25) is 4.79 Å². The van der Waals surface area contributed by atoms with Crippen LogP contribution in [0.1, 0.15) is 12.7 Å². The molecular weight excluding hydrogens is 192 g/mol. The molecule has 2 nitrogen and oxygen atoms in total. The van der Waals surface area contributed by atoms with Crippen LogP contribution in [-0.2, 0) is 5.75 Å². The smallest absolute Gasteiger partial charge is 0.246 e. The molecule has 1 aromatic rings. The minimum Gasteiger partial charge on any atom is -0.468 e. The standard InChI is InChI=1S/C8H10O2S2/c1-2-11-8(9)12-6-7-4-3-5-10-7/h3-5H,2,6H2,1H3. The summed E-state index contributed by atoms with van der Waals surface area (Å²) in [5.74, 6) is 2.33. The van der Waals surface area contributed by atoms with E-state index in [0.717, 1.165) is 11.5 Å². The summed E-state index contributed by atoms with van der Waals surface area (Å²) in [6.07, 6.45) is 1.62. The lowest BCUT2D eigenvalue weighted by molar-refractivity contribution is 0.276. The van der Waals surface area contributed by atoms with E-state index in [9.17, 15) is 4.79 Å². The van der Waals surface area contributed by atoms with Gasteiger partial charge in [0.25, 0.3) is 0 Å². The second-order valence-electron chi connectivity index (χ2n) is 2.05. The van der Waals surface area contributed by atoms with Crippen molar-refractivity contribution in [1.29, 1.82) is 0 Å². The Morgan fingerprint density at radius 1 is 1.58 bits per heavy atom. The number of thioether (sulfide) groups is 2. The van der Waals surface area contributed by atoms with E-state index in [2.05, 4.69) is 0 Å². The van der Waals surface area contributed by atoms with Crippen molar-refractivity contribution in [2.24, 2.45) is 0 Å². The third-order valence-electron chi connectivity index (χ3n) is 1.17. The van der Waals surface area contributed by atoms with Gasteiger partial charge in [-0.1, -0.05) is 30.4 Å². The Morgan fingerprint density at radius 2 is 2.42 bits per heavy atom. The summed E-state index contributed by atoms with van der Waals surface area (Å²) in [4.78, 5) is 11.0. The van der Waals surface area contributed by atoms with Crippen molar-refractivity contribution < 1.29 is 9.21 Å². The van der Waals surface area contributed by atoms with Gasteiger partial charge in [-0.15, -0.1) is 0 Å². The van der Waals surface area contributed by atoms with Gasteiger partial charge in [-0.25, -0.2) is 0 Å². The summed E-state index contributed by atoms with van der Waals surface area (Å²) in [6.45, 7) is 1.97. The second kappa shape index (κ2) is 5.32. The van der Waals surface area contributed by atoms with Crippen molar-refractivity contribution >= 4 is 28.0 Å². The highest BCUT2D eigenvalue weighted by Crippen LogP contribution is 2.20. The van der Waals surface area contributed by atoms with Gasteiger partial charge in [0, 0.05) is 0 Å². The highest BCUT2D eigenvalue weighted by Gasteiger charge is 2.03. The summed E-state index contributed by atoms with van der Waals surface area (Å²) in [7, 11) is 0. The summed E-state index contributed by atoms with van der Waals surface area (Å²) in [5, 5.41) is 0. The Morgan fingerprint density at radius 3 is 3.00 bits per heavy atom. The zero-order valence-electron chi connectivity index (χ0n) is 6.78. The average Bonchev–Trinajstić information content (AvgIpc) is 2.53. The molecule has 0 radical (unpaired) electrons. The summed E-state index contributed by atoms with van der Waals surface area (Å²) in [5.41, 5.74) is 0. The lowest BCUT2D eigenvalue weighted by Crippen LogP contribution is -1.83. The molecule has 0 saturated heterocycles. The average molecular weight is 202 g/mol. The first-order chi connectivity index (χ1) is 5.83. The Balaban J connectivity index is 2.22. The van der Waals surface area contributed by atoms with Crippen LogP contribution in [0.15, 0.2) is 22.8 Å². The molecule has 1 heterocycles. The maximum Gasteiger partial charge on any atom is 0.246 e. The predicted octanol–water partition coefficient (Wildman–Crippen LogP) is 3.39. The molecule has 0 atom stereocenters. The topological polar surface area (TPSA) is 30.2 Å². The third-order valence-corrected chi connectivity index (χ3v) is 3.07. The summed E-state index contributed by atoms with van der Waals surface area (Å²) in [6, 6.07) is 3.70. The van der Waals surface area contributed by atoms with Crippen LogP contribution in [0.5, 0.6) is 0 Å². The second-order valence-corrected chi connectivity index (χ2v) is 4.49. The van der Waals surface area contributed by atoms with Gasteiger partial charge in [0.2, 0.25) is 4.45 Å². The lowest BCUT2D eigenvalue weighted by atomic mass is 10.5. The number of furan rings is 1. The lowest BCUT2D eigenvalue weighted by Gasteiger charge is -1.94. The van der Waals surface area contributed by atoms with Crippen LogP contribution in [-0.4, -0.2) is 10.2 Å². The van der Waals surface area contributed by atoms with Crippen molar-refractivity contribution in [2.45, 2.75) is 12.7 Å². The summed E-state index contributed by atoms with van der Waals surface area (Å²) < 4.78 is 5.24. The van der Waals surface area contributed by atoms with Gasteiger partial charge < -0.3 is 4.42 Å². The fourth-order valence-electron chi connectivity index (χ4n) is 0.684. The van der Waals surface area contributed by atoms with E-state index in [-0.39, 0.29) is 4.45 Å². The molecular formula is C8H10O2S2. The molecule has 0 spiro atoms. The molecule has 0 aliphatic heterocycles. The quantitative estimate of drug-likeness (QED) is 0.751. The first kappa shape index (κ1) is 9.74. The molecule has 1 rings (SSSR count). The van der Waals surface area contributed by atoms with E-state index in [4.69, 9.17) is 4.42 Å². The first-order valence-corrected chi connectivity index (χ1v) is 5.62. The van der Waals surface area contributed by atoms with Crippen LogP contribution in [0.4, 0.5) is 4.79 Å². The predicted molar refractivity (Wildman–Crippen MR) is 53.5 cm³/mol. The maximum absolute atomic E-state index is 11.0. The van der Waals surface area contributed by atoms with Gasteiger partial charge in [0.1, 0.15) is 5.76 Å². The van der Waals surface area contributed by atoms with E-state index in [1.165, 1.54) is 23.5 Å². The fourth-order valence-corrected chi connectivity index (χ4v) is 2.21.